The van der Waals surface area contributed by atoms with E-state index in [2.05, 4.69) is 10.6 Å². The van der Waals surface area contributed by atoms with E-state index in [1.807, 2.05) is 5.32 Å². The van der Waals surface area contributed by atoms with Gasteiger partial charge in [0.05, 0.1) is 18.2 Å². The molecule has 0 fully saturated rings. The van der Waals surface area contributed by atoms with Crippen LogP contribution in [0.1, 0.15) is 40.5 Å². The van der Waals surface area contributed by atoms with E-state index in [-0.39, 0.29) is 12.8 Å². The molecule has 13 nitrogen and oxygen atoms in total. The lowest BCUT2D eigenvalue weighted by Gasteiger charge is -2.28. The Balaban J connectivity index is 5.31. The van der Waals surface area contributed by atoms with Gasteiger partial charge in [-0.3, -0.25) is 19.2 Å². The fourth-order valence-corrected chi connectivity index (χ4v) is 2.50. The molecule has 0 saturated heterocycles. The zero-order chi connectivity index (χ0) is 24.5. The average molecular weight is 447 g/mol. The molecular weight excluding hydrogens is 414 g/mol. The summed E-state index contributed by atoms with van der Waals surface area (Å²) in [4.78, 5) is 59.3. The van der Waals surface area contributed by atoms with Crippen molar-refractivity contribution in [3.05, 3.63) is 0 Å². The number of carbonyl (C=O) groups excluding carboxylic acids is 4. The minimum atomic E-state index is -1.66. The van der Waals surface area contributed by atoms with Crippen LogP contribution in [0.25, 0.3) is 0 Å². The number of aliphatic hydroxyl groups excluding tert-OH is 2. The van der Waals surface area contributed by atoms with Crippen LogP contribution in [-0.2, 0) is 24.0 Å². The topological polar surface area (TPSA) is 234 Å². The maximum Gasteiger partial charge on any atom is 0.328 e. The fraction of sp³-hybridized carbons (Fsp3) is 0.722. The predicted octanol–water partition coefficient (Wildman–Crippen LogP) is -3.46. The monoisotopic (exact) mass is 447 g/mol. The minimum absolute atomic E-state index is 0.0256. The van der Waals surface area contributed by atoms with E-state index in [0.717, 1.165) is 6.92 Å². The van der Waals surface area contributed by atoms with Crippen molar-refractivity contribution >= 4 is 29.6 Å². The molecule has 178 valence electrons. The third-order valence-electron chi connectivity index (χ3n) is 4.39. The van der Waals surface area contributed by atoms with Crippen LogP contribution >= 0.6 is 0 Å². The van der Waals surface area contributed by atoms with E-state index in [4.69, 9.17) is 16.6 Å². The quantitative estimate of drug-likeness (QED) is 0.140. The molecule has 0 aliphatic heterocycles. The summed E-state index contributed by atoms with van der Waals surface area (Å²) in [6, 6.07) is -5.46. The normalized spacial score (nSPS) is 16.9. The Bertz CT molecular complexity index is 667. The highest BCUT2D eigenvalue weighted by atomic mass is 16.4. The largest absolute Gasteiger partial charge is 0.480 e. The van der Waals surface area contributed by atoms with Gasteiger partial charge in [-0.1, -0.05) is 13.8 Å². The Morgan fingerprint density at radius 1 is 0.774 bits per heavy atom. The van der Waals surface area contributed by atoms with Crippen LogP contribution in [0.15, 0.2) is 0 Å². The first kappa shape index (κ1) is 28.2. The zero-order valence-electron chi connectivity index (χ0n) is 18.0. The van der Waals surface area contributed by atoms with Crippen molar-refractivity contribution in [2.75, 3.05) is 0 Å². The molecule has 0 bridgehead atoms. The standard InChI is InChI=1S/C18H33N5O8/c1-7(2)12(21-15(27)10(19)5-6-11(20)26)16(28)22-13(8(3)24)17(29)23-14(9(4)25)18(30)31/h7-10,12-14,24-25H,5-6,19H2,1-4H3,(H2,20,26)(H,21,27)(H,22,28)(H,23,29)(H,30,31). The van der Waals surface area contributed by atoms with Gasteiger partial charge in [0.1, 0.15) is 12.1 Å². The molecule has 0 rings (SSSR count). The van der Waals surface area contributed by atoms with Gasteiger partial charge >= 0.3 is 5.97 Å². The number of rotatable bonds is 13. The molecule has 0 aliphatic carbocycles. The number of hydrogen-bond donors (Lipinski definition) is 8. The molecule has 6 unspecified atom stereocenters. The third-order valence-corrected chi connectivity index (χ3v) is 4.39. The van der Waals surface area contributed by atoms with Gasteiger partial charge in [-0.25, -0.2) is 4.79 Å². The number of aliphatic hydroxyl groups is 2. The van der Waals surface area contributed by atoms with Gasteiger partial charge in [0.25, 0.3) is 0 Å². The van der Waals surface area contributed by atoms with Gasteiger partial charge in [-0.05, 0) is 26.2 Å². The van der Waals surface area contributed by atoms with Crippen LogP contribution < -0.4 is 27.4 Å². The molecule has 0 aromatic rings. The van der Waals surface area contributed by atoms with Crippen molar-refractivity contribution < 1.29 is 39.3 Å². The van der Waals surface area contributed by atoms with E-state index in [9.17, 15) is 34.2 Å². The van der Waals surface area contributed by atoms with Crippen molar-refractivity contribution in [3.8, 4) is 0 Å². The molecule has 0 aromatic heterocycles. The van der Waals surface area contributed by atoms with E-state index in [1.165, 1.54) is 6.92 Å². The number of carboxylic acid groups (broad SMARTS) is 1. The second kappa shape index (κ2) is 12.8. The number of carbonyl (C=O) groups is 5. The van der Waals surface area contributed by atoms with Crippen LogP contribution in [0, 0.1) is 5.92 Å². The molecule has 10 N–H and O–H groups in total. The molecule has 0 spiro atoms. The number of nitrogens with one attached hydrogen (secondary N) is 3. The summed E-state index contributed by atoms with van der Waals surface area (Å²) in [5.74, 6) is -5.16. The van der Waals surface area contributed by atoms with E-state index in [1.54, 1.807) is 13.8 Å². The Morgan fingerprint density at radius 3 is 1.58 bits per heavy atom. The highest BCUT2D eigenvalue weighted by molar-refractivity contribution is 5.94. The van der Waals surface area contributed by atoms with Crippen LogP contribution in [0.3, 0.4) is 0 Å². The number of hydrogen-bond acceptors (Lipinski definition) is 8. The smallest absolute Gasteiger partial charge is 0.328 e. The van der Waals surface area contributed by atoms with Crippen LogP contribution in [0.5, 0.6) is 0 Å². The summed E-state index contributed by atoms with van der Waals surface area (Å²) in [6.07, 6.45) is -3.00. The highest BCUT2D eigenvalue weighted by Gasteiger charge is 2.34. The SMILES string of the molecule is CC(C)C(NC(=O)C(N)CCC(N)=O)C(=O)NC(C(=O)NC(C(=O)O)C(C)O)C(C)O. The summed E-state index contributed by atoms with van der Waals surface area (Å²) in [5.41, 5.74) is 10.7. The van der Waals surface area contributed by atoms with Crippen molar-refractivity contribution in [3.63, 3.8) is 0 Å². The summed E-state index contributed by atoms with van der Waals surface area (Å²) in [5, 5.41) is 35.2. The van der Waals surface area contributed by atoms with Crippen molar-refractivity contribution in [1.29, 1.82) is 0 Å². The first-order valence-electron chi connectivity index (χ1n) is 9.72. The fourth-order valence-electron chi connectivity index (χ4n) is 2.50. The van der Waals surface area contributed by atoms with Crippen molar-refractivity contribution in [2.45, 2.75) is 76.9 Å². The Hall–Kier alpha value is -2.77. The van der Waals surface area contributed by atoms with E-state index in [0.29, 0.717) is 0 Å². The van der Waals surface area contributed by atoms with Gasteiger partial charge in [0.2, 0.25) is 23.6 Å². The first-order chi connectivity index (χ1) is 14.2. The molecule has 0 aromatic carbocycles. The second-order valence-corrected chi connectivity index (χ2v) is 7.63. The summed E-state index contributed by atoms with van der Waals surface area (Å²) in [6.45, 7) is 5.59. The summed E-state index contributed by atoms with van der Waals surface area (Å²) >= 11 is 0. The number of aliphatic carboxylic acids is 1. The zero-order valence-corrected chi connectivity index (χ0v) is 18.0. The second-order valence-electron chi connectivity index (χ2n) is 7.63. The summed E-state index contributed by atoms with van der Waals surface area (Å²) < 4.78 is 0. The lowest BCUT2D eigenvalue weighted by atomic mass is 10.0. The molecule has 0 radical (unpaired) electrons. The van der Waals surface area contributed by atoms with Crippen molar-refractivity contribution in [1.82, 2.24) is 16.0 Å². The number of nitrogens with two attached hydrogens (primary N) is 2. The van der Waals surface area contributed by atoms with Gasteiger partial charge in [0.15, 0.2) is 6.04 Å². The number of amides is 4. The third kappa shape index (κ3) is 9.72. The van der Waals surface area contributed by atoms with E-state index < -0.39 is 71.9 Å². The lowest BCUT2D eigenvalue weighted by molar-refractivity contribution is -0.146. The molecule has 0 heterocycles. The molecule has 4 amide bonds. The molecular formula is C18H33N5O8. The molecule has 6 atom stereocenters. The Morgan fingerprint density at radius 2 is 1.19 bits per heavy atom. The van der Waals surface area contributed by atoms with Gasteiger partial charge in [-0.15, -0.1) is 0 Å². The molecule has 0 aliphatic rings. The Kier molecular flexibility index (Phi) is 11.7. The molecule has 13 heteroatoms. The maximum atomic E-state index is 12.7. The maximum absolute atomic E-state index is 12.7. The van der Waals surface area contributed by atoms with Gasteiger partial charge < -0.3 is 42.7 Å². The van der Waals surface area contributed by atoms with Crippen molar-refractivity contribution in [2.24, 2.45) is 17.4 Å². The first-order valence-corrected chi connectivity index (χ1v) is 9.72. The predicted molar refractivity (Wildman–Crippen MR) is 108 cm³/mol. The van der Waals surface area contributed by atoms with Gasteiger partial charge in [0, 0.05) is 6.42 Å². The van der Waals surface area contributed by atoms with Gasteiger partial charge in [-0.2, -0.15) is 0 Å². The number of primary amides is 1. The minimum Gasteiger partial charge on any atom is -0.480 e. The van der Waals surface area contributed by atoms with Crippen LogP contribution in [-0.4, -0.2) is 81.3 Å². The van der Waals surface area contributed by atoms with Crippen LogP contribution in [0.4, 0.5) is 0 Å². The summed E-state index contributed by atoms with van der Waals surface area (Å²) in [7, 11) is 0. The lowest BCUT2D eigenvalue weighted by Crippen LogP contribution is -2.61. The number of carboxylic acids is 1. The molecule has 0 saturated carbocycles. The average Bonchev–Trinajstić information content (AvgIpc) is 2.64. The Labute approximate surface area is 179 Å². The van der Waals surface area contributed by atoms with Crippen LogP contribution in [0.2, 0.25) is 0 Å². The van der Waals surface area contributed by atoms with E-state index >= 15 is 0 Å². The molecule has 31 heavy (non-hydrogen) atoms. The highest BCUT2D eigenvalue weighted by Crippen LogP contribution is 2.06.